The van der Waals surface area contributed by atoms with Crippen molar-refractivity contribution in [2.24, 2.45) is 17.3 Å². The fourth-order valence-corrected chi connectivity index (χ4v) is 1.67. The molecule has 1 aliphatic heterocycles. The second-order valence-corrected chi connectivity index (χ2v) is 7.05. The third-order valence-corrected chi connectivity index (χ3v) is 4.20. The summed E-state index contributed by atoms with van der Waals surface area (Å²) in [4.78, 5) is 0. The van der Waals surface area contributed by atoms with Gasteiger partial charge in [-0.05, 0) is 30.8 Å². The van der Waals surface area contributed by atoms with Crippen LogP contribution in [0.25, 0.3) is 0 Å². The van der Waals surface area contributed by atoms with Crippen LogP contribution in [0.1, 0.15) is 61.8 Å². The molecule has 0 aromatic carbocycles. The highest BCUT2D eigenvalue weighted by Gasteiger charge is 2.43. The lowest BCUT2D eigenvalue weighted by Crippen LogP contribution is -2.50. The van der Waals surface area contributed by atoms with Crippen LogP contribution in [0.2, 0.25) is 0 Å². The fourth-order valence-electron chi connectivity index (χ4n) is 1.67. The minimum Gasteiger partial charge on any atom is -0.385 e. The number of methoxy groups -OCH3 is 1. The summed E-state index contributed by atoms with van der Waals surface area (Å²) in [5, 5.41) is 0. The van der Waals surface area contributed by atoms with E-state index in [9.17, 15) is 0 Å². The molecule has 0 radical (unpaired) electrons. The van der Waals surface area contributed by atoms with Crippen LogP contribution in [0.5, 0.6) is 0 Å². The van der Waals surface area contributed by atoms with Gasteiger partial charge in [-0.3, -0.25) is 0 Å². The Balaban J connectivity index is -0.000000247. The van der Waals surface area contributed by atoms with Crippen LogP contribution in [-0.2, 0) is 9.47 Å². The molecule has 0 aromatic heterocycles. The third kappa shape index (κ3) is 13.6. The summed E-state index contributed by atoms with van der Waals surface area (Å²) in [6.45, 7) is 20.3. The van der Waals surface area contributed by atoms with Crippen molar-refractivity contribution >= 4 is 11.8 Å². The predicted molar refractivity (Wildman–Crippen MR) is 100 cm³/mol. The van der Waals surface area contributed by atoms with E-state index in [-0.39, 0.29) is 0 Å². The minimum atomic E-state index is 0.500. The maximum absolute atomic E-state index is 5.26. The molecule has 0 amide bonds. The van der Waals surface area contributed by atoms with Gasteiger partial charge in [0.05, 0.1) is 13.2 Å². The summed E-state index contributed by atoms with van der Waals surface area (Å²) in [6, 6.07) is 0. The second kappa shape index (κ2) is 18.3. The summed E-state index contributed by atoms with van der Waals surface area (Å²) < 4.78 is 9.80. The molecule has 3 heteroatoms. The maximum Gasteiger partial charge on any atom is 0.0549 e. The number of hydrogen-bond acceptors (Lipinski definition) is 3. The van der Waals surface area contributed by atoms with Crippen molar-refractivity contribution in [1.29, 1.82) is 0 Å². The molecule has 0 saturated carbocycles. The highest BCUT2D eigenvalue weighted by molar-refractivity contribution is 7.98. The molecular weight excluding hydrogens is 280 g/mol. The molecule has 1 rings (SSSR count). The Morgan fingerprint density at radius 3 is 1.29 bits per heavy atom. The van der Waals surface area contributed by atoms with E-state index in [4.69, 9.17) is 4.74 Å². The minimum absolute atomic E-state index is 0.500. The van der Waals surface area contributed by atoms with Crippen molar-refractivity contribution in [1.82, 2.24) is 0 Å². The first-order valence-electron chi connectivity index (χ1n) is 8.39. The van der Waals surface area contributed by atoms with Crippen LogP contribution < -0.4 is 0 Å². The molecule has 2 nitrogen and oxygen atoms in total. The summed E-state index contributed by atoms with van der Waals surface area (Å²) >= 11 is 1.86. The van der Waals surface area contributed by atoms with Crippen molar-refractivity contribution in [2.75, 3.05) is 38.9 Å². The maximum atomic E-state index is 5.26. The van der Waals surface area contributed by atoms with E-state index >= 15 is 0 Å². The summed E-state index contributed by atoms with van der Waals surface area (Å²) in [5.41, 5.74) is 0.500. The molecule has 0 aliphatic carbocycles. The van der Waals surface area contributed by atoms with Gasteiger partial charge in [0.25, 0.3) is 0 Å². The standard InChI is InChI=1S/C9H18O.C3H8O.C3H8S.C3H8/c1-7(2)9(8(3)4)5-10-6-9;2*1-3-4-2;1-3-2/h7-8H,5-6H2,1-4H3;2*3H2,1-2H3;3H2,1-2H3. The van der Waals surface area contributed by atoms with Crippen LogP contribution >= 0.6 is 11.8 Å². The molecule has 21 heavy (non-hydrogen) atoms. The van der Waals surface area contributed by atoms with Crippen LogP contribution in [0, 0.1) is 17.3 Å². The Labute approximate surface area is 139 Å². The summed E-state index contributed by atoms with van der Waals surface area (Å²) in [7, 11) is 1.68. The van der Waals surface area contributed by atoms with Crippen LogP contribution in [0.15, 0.2) is 0 Å². The summed E-state index contributed by atoms with van der Waals surface area (Å²) in [5.74, 6) is 2.77. The van der Waals surface area contributed by atoms with Gasteiger partial charge in [0.1, 0.15) is 0 Å². The van der Waals surface area contributed by atoms with E-state index in [1.807, 2.05) is 18.7 Å². The number of thioether (sulfide) groups is 1. The average molecular weight is 323 g/mol. The first kappa shape index (κ1) is 26.2. The Hall–Kier alpha value is 0.270. The molecule has 1 saturated heterocycles. The van der Waals surface area contributed by atoms with Crippen LogP contribution in [0.3, 0.4) is 0 Å². The second-order valence-electron chi connectivity index (χ2n) is 5.90. The Kier molecular flexibility index (Phi) is 22.8. The van der Waals surface area contributed by atoms with Crippen LogP contribution in [0.4, 0.5) is 0 Å². The van der Waals surface area contributed by atoms with Gasteiger partial charge in [0.15, 0.2) is 0 Å². The number of ether oxygens (including phenoxy) is 2. The fraction of sp³-hybridized carbons (Fsp3) is 1.00. The highest BCUT2D eigenvalue weighted by atomic mass is 32.2. The van der Waals surface area contributed by atoms with Gasteiger partial charge in [-0.25, -0.2) is 0 Å². The zero-order chi connectivity index (χ0) is 17.3. The van der Waals surface area contributed by atoms with E-state index in [0.29, 0.717) is 5.41 Å². The molecular formula is C18H42O2S. The largest absolute Gasteiger partial charge is 0.385 e. The Bertz CT molecular complexity index is 160. The van der Waals surface area contributed by atoms with Gasteiger partial charge in [-0.2, -0.15) is 11.8 Å². The highest BCUT2D eigenvalue weighted by Crippen LogP contribution is 2.42. The van der Waals surface area contributed by atoms with E-state index in [0.717, 1.165) is 31.7 Å². The van der Waals surface area contributed by atoms with Crippen LogP contribution in [-0.4, -0.2) is 38.9 Å². The van der Waals surface area contributed by atoms with Gasteiger partial charge >= 0.3 is 0 Å². The average Bonchev–Trinajstić information content (AvgIpc) is 2.38. The van der Waals surface area contributed by atoms with Gasteiger partial charge in [0, 0.05) is 19.1 Å². The van der Waals surface area contributed by atoms with E-state index < -0.39 is 0 Å². The molecule has 1 fully saturated rings. The smallest absolute Gasteiger partial charge is 0.0549 e. The third-order valence-electron chi connectivity index (χ3n) is 3.62. The van der Waals surface area contributed by atoms with Gasteiger partial charge in [-0.1, -0.05) is 54.9 Å². The topological polar surface area (TPSA) is 18.5 Å². The molecule has 0 N–H and O–H groups in total. The van der Waals surface area contributed by atoms with Gasteiger partial charge in [-0.15, -0.1) is 0 Å². The van der Waals surface area contributed by atoms with Gasteiger partial charge in [0.2, 0.25) is 0 Å². The quantitative estimate of drug-likeness (QED) is 0.656. The molecule has 132 valence electrons. The molecule has 0 spiro atoms. The van der Waals surface area contributed by atoms with Crippen molar-refractivity contribution in [3.63, 3.8) is 0 Å². The molecule has 0 aromatic rings. The zero-order valence-corrected chi connectivity index (χ0v) is 17.2. The normalized spacial score (nSPS) is 14.9. The van der Waals surface area contributed by atoms with E-state index in [1.54, 1.807) is 7.11 Å². The van der Waals surface area contributed by atoms with Crippen molar-refractivity contribution in [2.45, 2.75) is 61.8 Å². The lowest BCUT2D eigenvalue weighted by molar-refractivity contribution is -0.164. The van der Waals surface area contributed by atoms with E-state index in [2.05, 4.69) is 59.5 Å². The lowest BCUT2D eigenvalue weighted by Gasteiger charge is -2.48. The van der Waals surface area contributed by atoms with Crippen molar-refractivity contribution < 1.29 is 9.47 Å². The Morgan fingerprint density at radius 1 is 1.00 bits per heavy atom. The Morgan fingerprint density at radius 2 is 1.29 bits per heavy atom. The molecule has 1 aliphatic rings. The first-order valence-corrected chi connectivity index (χ1v) is 9.79. The molecule has 0 bridgehead atoms. The predicted octanol–water partition coefficient (Wildman–Crippen LogP) is 5.75. The first-order chi connectivity index (χ1) is 9.84. The lowest BCUT2D eigenvalue weighted by atomic mass is 9.67. The van der Waals surface area contributed by atoms with Gasteiger partial charge < -0.3 is 9.47 Å². The molecule has 0 unspecified atom stereocenters. The van der Waals surface area contributed by atoms with Crippen molar-refractivity contribution in [3.05, 3.63) is 0 Å². The SMILES string of the molecule is CC(C)C1(C(C)C)COC1.CCC.CCOC.CCSC. The number of hydrogen-bond donors (Lipinski definition) is 0. The zero-order valence-electron chi connectivity index (χ0n) is 16.4. The number of rotatable bonds is 4. The summed E-state index contributed by atoms with van der Waals surface area (Å²) in [6.07, 6.45) is 3.35. The molecule has 1 heterocycles. The van der Waals surface area contributed by atoms with E-state index in [1.165, 1.54) is 12.2 Å². The monoisotopic (exact) mass is 322 g/mol. The van der Waals surface area contributed by atoms with Crippen molar-refractivity contribution in [3.8, 4) is 0 Å². The molecule has 0 atom stereocenters.